The highest BCUT2D eigenvalue weighted by atomic mass is 32.1. The van der Waals surface area contributed by atoms with Gasteiger partial charge in [-0.2, -0.15) is 0 Å². The summed E-state index contributed by atoms with van der Waals surface area (Å²) in [5.74, 6) is -0.205. The van der Waals surface area contributed by atoms with Gasteiger partial charge >= 0.3 is 5.97 Å². The fourth-order valence-electron chi connectivity index (χ4n) is 5.07. The molecule has 0 saturated carbocycles. The molecule has 4 rings (SSSR count). The van der Waals surface area contributed by atoms with Crippen LogP contribution in [0, 0.1) is 27.7 Å². The van der Waals surface area contributed by atoms with Crippen molar-refractivity contribution in [3.8, 4) is 5.69 Å². The van der Waals surface area contributed by atoms with E-state index in [9.17, 15) is 4.79 Å². The number of aromatic nitrogens is 2. The van der Waals surface area contributed by atoms with Crippen LogP contribution < -0.4 is 5.32 Å². The van der Waals surface area contributed by atoms with Crippen LogP contribution in [0.3, 0.4) is 0 Å². The lowest BCUT2D eigenvalue weighted by Crippen LogP contribution is -2.31. The maximum atomic E-state index is 11.7. The molecule has 1 N–H and O–H groups in total. The number of methoxy groups -OCH3 is 1. The van der Waals surface area contributed by atoms with Crippen LogP contribution in [0.1, 0.15) is 58.7 Å². The molecule has 0 unspecified atom stereocenters. The molecule has 6 nitrogen and oxygen atoms in total. The van der Waals surface area contributed by atoms with Gasteiger partial charge in [0.05, 0.1) is 30.6 Å². The minimum absolute atomic E-state index is 0.0377. The minimum atomic E-state index is -0.205. The Balaban J connectivity index is 1.79. The Morgan fingerprint density at radius 1 is 1.12 bits per heavy atom. The molecule has 178 valence electrons. The lowest BCUT2D eigenvalue weighted by Gasteiger charge is -2.28. The third-order valence-electron chi connectivity index (χ3n) is 6.66. The Morgan fingerprint density at radius 2 is 1.85 bits per heavy atom. The smallest absolute Gasteiger partial charge is 0.305 e. The van der Waals surface area contributed by atoms with Crippen molar-refractivity contribution >= 4 is 23.3 Å². The Kier molecular flexibility index (Phi) is 7.03. The number of aryl methyl sites for hydroxylation is 3. The van der Waals surface area contributed by atoms with Gasteiger partial charge in [-0.3, -0.25) is 9.78 Å². The number of carbonyl (C=O) groups excluding carboxylic acids is 1. The van der Waals surface area contributed by atoms with Gasteiger partial charge < -0.3 is 19.5 Å². The van der Waals surface area contributed by atoms with Crippen molar-refractivity contribution in [2.24, 2.45) is 0 Å². The fraction of sp³-hybridized carbons (Fsp3) is 0.370. The summed E-state index contributed by atoms with van der Waals surface area (Å²) in [4.78, 5) is 18.6. The van der Waals surface area contributed by atoms with E-state index in [-0.39, 0.29) is 18.1 Å². The monoisotopic (exact) mass is 476 g/mol. The van der Waals surface area contributed by atoms with Crippen molar-refractivity contribution in [2.75, 3.05) is 13.7 Å². The molecule has 0 spiro atoms. The van der Waals surface area contributed by atoms with Crippen LogP contribution in [0.15, 0.2) is 48.7 Å². The molecular weight excluding hydrogens is 444 g/mol. The van der Waals surface area contributed by atoms with Crippen molar-refractivity contribution in [1.82, 2.24) is 19.8 Å². The van der Waals surface area contributed by atoms with Gasteiger partial charge in [-0.15, -0.1) is 0 Å². The number of ether oxygens (including phenoxy) is 1. The van der Waals surface area contributed by atoms with E-state index in [0.29, 0.717) is 24.5 Å². The Bertz CT molecular complexity index is 1180. The minimum Gasteiger partial charge on any atom is -0.469 e. The van der Waals surface area contributed by atoms with Crippen molar-refractivity contribution in [3.05, 3.63) is 82.4 Å². The molecule has 0 aliphatic carbocycles. The van der Waals surface area contributed by atoms with E-state index in [4.69, 9.17) is 17.0 Å². The predicted molar refractivity (Wildman–Crippen MR) is 138 cm³/mol. The molecule has 1 saturated heterocycles. The van der Waals surface area contributed by atoms with Crippen LogP contribution in [0.5, 0.6) is 0 Å². The summed E-state index contributed by atoms with van der Waals surface area (Å²) < 4.78 is 7.18. The van der Waals surface area contributed by atoms with Crippen LogP contribution in [0.4, 0.5) is 0 Å². The molecule has 34 heavy (non-hydrogen) atoms. The molecule has 0 radical (unpaired) electrons. The van der Waals surface area contributed by atoms with Crippen LogP contribution in [0.2, 0.25) is 0 Å². The van der Waals surface area contributed by atoms with Crippen LogP contribution >= 0.6 is 12.2 Å². The van der Waals surface area contributed by atoms with E-state index < -0.39 is 0 Å². The first-order valence-electron chi connectivity index (χ1n) is 11.6. The van der Waals surface area contributed by atoms with Gasteiger partial charge in [0.15, 0.2) is 5.11 Å². The van der Waals surface area contributed by atoms with Gasteiger partial charge in [-0.05, 0) is 81.2 Å². The number of hydrogen-bond donors (Lipinski definition) is 1. The zero-order valence-electron chi connectivity index (χ0n) is 20.5. The van der Waals surface area contributed by atoms with Crippen molar-refractivity contribution in [1.29, 1.82) is 0 Å². The summed E-state index contributed by atoms with van der Waals surface area (Å²) >= 11 is 5.78. The van der Waals surface area contributed by atoms with Gasteiger partial charge in [0.1, 0.15) is 0 Å². The van der Waals surface area contributed by atoms with E-state index >= 15 is 0 Å². The number of hydrogen-bond acceptors (Lipinski definition) is 4. The lowest BCUT2D eigenvalue weighted by atomic mass is 9.96. The van der Waals surface area contributed by atoms with E-state index in [1.807, 2.05) is 24.4 Å². The first kappa shape index (κ1) is 24.0. The quantitative estimate of drug-likeness (QED) is 0.381. The second-order valence-corrected chi connectivity index (χ2v) is 9.29. The van der Waals surface area contributed by atoms with E-state index in [0.717, 1.165) is 5.69 Å². The molecule has 1 aromatic carbocycles. The van der Waals surface area contributed by atoms with Gasteiger partial charge in [-0.25, -0.2) is 0 Å². The molecule has 1 fully saturated rings. The standard InChI is InChI=1S/C27H32N4O2S/c1-17-10-8-11-18(2)25(17)31-19(3)16-21(20(31)4)26-24(22-12-6-7-14-28-22)29-27(34)30(26)15-9-13-23(32)33-5/h6-8,10-12,14,16,24,26H,9,13,15H2,1-5H3,(H,29,34)/t24-,26+/m0/s1. The highest BCUT2D eigenvalue weighted by molar-refractivity contribution is 7.80. The van der Waals surface area contributed by atoms with E-state index in [2.05, 4.69) is 71.7 Å². The van der Waals surface area contributed by atoms with Crippen molar-refractivity contribution in [2.45, 2.75) is 52.6 Å². The van der Waals surface area contributed by atoms with E-state index in [1.54, 1.807) is 0 Å². The number of pyridine rings is 1. The molecule has 3 aromatic rings. The second kappa shape index (κ2) is 9.97. The van der Waals surface area contributed by atoms with E-state index in [1.165, 1.54) is 40.9 Å². The number of thiocarbonyl (C=S) groups is 1. The molecule has 7 heteroatoms. The van der Waals surface area contributed by atoms with Gasteiger partial charge in [0, 0.05) is 30.6 Å². The summed E-state index contributed by atoms with van der Waals surface area (Å²) in [5.41, 5.74) is 8.23. The number of rotatable bonds is 7. The maximum Gasteiger partial charge on any atom is 0.305 e. The second-order valence-electron chi connectivity index (χ2n) is 8.90. The molecule has 1 aliphatic heterocycles. The number of esters is 1. The first-order valence-corrected chi connectivity index (χ1v) is 12.0. The molecular formula is C27H32N4O2S. The third kappa shape index (κ3) is 4.44. The molecule has 2 atom stereocenters. The predicted octanol–water partition coefficient (Wildman–Crippen LogP) is 5.03. The highest BCUT2D eigenvalue weighted by Crippen LogP contribution is 2.42. The SMILES string of the molecule is COC(=O)CCCN1C(=S)N[C@@H](c2ccccn2)[C@H]1c1cc(C)n(-c2c(C)cccc2C)c1C. The zero-order valence-corrected chi connectivity index (χ0v) is 21.3. The van der Waals surface area contributed by atoms with Crippen molar-refractivity contribution < 1.29 is 9.53 Å². The van der Waals surface area contributed by atoms with Gasteiger partial charge in [0.2, 0.25) is 0 Å². The summed E-state index contributed by atoms with van der Waals surface area (Å²) in [5, 5.41) is 4.19. The highest BCUT2D eigenvalue weighted by Gasteiger charge is 2.41. The normalized spacial score (nSPS) is 17.7. The topological polar surface area (TPSA) is 59.4 Å². The van der Waals surface area contributed by atoms with Gasteiger partial charge in [0.25, 0.3) is 0 Å². The average Bonchev–Trinajstić information content (AvgIpc) is 3.30. The molecule has 0 amide bonds. The summed E-state index contributed by atoms with van der Waals surface area (Å²) in [6.07, 6.45) is 2.84. The summed E-state index contributed by atoms with van der Waals surface area (Å²) in [6.45, 7) is 9.30. The Morgan fingerprint density at radius 3 is 2.50 bits per heavy atom. The average molecular weight is 477 g/mol. The Labute approximate surface area is 207 Å². The first-order chi connectivity index (χ1) is 16.3. The summed E-state index contributed by atoms with van der Waals surface area (Å²) in [6, 6.07) is 14.5. The largest absolute Gasteiger partial charge is 0.469 e. The number of benzene rings is 1. The molecule has 3 heterocycles. The van der Waals surface area contributed by atoms with Crippen molar-refractivity contribution in [3.63, 3.8) is 0 Å². The van der Waals surface area contributed by atoms with Crippen LogP contribution in [-0.4, -0.2) is 39.2 Å². The molecule has 2 aromatic heterocycles. The fourth-order valence-corrected chi connectivity index (χ4v) is 5.40. The zero-order chi connectivity index (χ0) is 24.4. The lowest BCUT2D eigenvalue weighted by molar-refractivity contribution is -0.140. The number of nitrogens with one attached hydrogen (secondary N) is 1. The molecule has 1 aliphatic rings. The summed E-state index contributed by atoms with van der Waals surface area (Å²) in [7, 11) is 1.42. The third-order valence-corrected chi connectivity index (χ3v) is 7.01. The van der Waals surface area contributed by atoms with Crippen LogP contribution in [0.25, 0.3) is 5.69 Å². The Hall–Kier alpha value is -3.19. The molecule has 0 bridgehead atoms. The van der Waals surface area contributed by atoms with Gasteiger partial charge in [-0.1, -0.05) is 24.3 Å². The number of nitrogens with zero attached hydrogens (tertiary/aromatic N) is 3. The van der Waals surface area contributed by atoms with Crippen LogP contribution in [-0.2, 0) is 9.53 Å². The maximum absolute atomic E-state index is 11.7. The number of para-hydroxylation sites is 1. The number of carbonyl (C=O) groups is 1.